The molecule has 0 unspecified atom stereocenters. The van der Waals surface area contributed by atoms with Crippen LogP contribution in [-0.2, 0) is 28.9 Å². The number of carbonyl (C=O) groups excluding carboxylic acids is 2. The summed E-state index contributed by atoms with van der Waals surface area (Å²) in [6.45, 7) is 6.32. The summed E-state index contributed by atoms with van der Waals surface area (Å²) >= 11 is 0. The van der Waals surface area contributed by atoms with E-state index in [2.05, 4.69) is 32.1 Å². The molecule has 3 aromatic rings. The fraction of sp³-hybridized carbons (Fsp3) is 0.405. The molecule has 228 valence electrons. The summed E-state index contributed by atoms with van der Waals surface area (Å²) < 4.78 is 1.51. The SMILES string of the molecule is CCCCCCCCCC/C=C/c1cc(O)n(-c2ccc(Cc3ccc(N4C(=O)C=CC4=O)c(CC)c3)cc2CC)c1O. The number of allylic oxidation sites excluding steroid dienone is 1. The molecule has 0 saturated carbocycles. The molecule has 2 aromatic carbocycles. The number of aromatic hydroxyl groups is 2. The van der Waals surface area contributed by atoms with Crippen molar-refractivity contribution < 1.29 is 19.8 Å². The van der Waals surface area contributed by atoms with E-state index >= 15 is 0 Å². The van der Waals surface area contributed by atoms with E-state index in [0.29, 0.717) is 24.1 Å². The van der Waals surface area contributed by atoms with Crippen molar-refractivity contribution in [2.75, 3.05) is 4.90 Å². The Balaban J connectivity index is 1.42. The molecule has 1 aliphatic heterocycles. The summed E-state index contributed by atoms with van der Waals surface area (Å²) in [5.74, 6) is -0.574. The van der Waals surface area contributed by atoms with Crippen molar-refractivity contribution >= 4 is 23.6 Å². The fourth-order valence-electron chi connectivity index (χ4n) is 5.85. The van der Waals surface area contributed by atoms with Crippen molar-refractivity contribution in [1.29, 1.82) is 0 Å². The Morgan fingerprint density at radius 2 is 1.26 bits per heavy atom. The highest BCUT2D eigenvalue weighted by Gasteiger charge is 2.27. The van der Waals surface area contributed by atoms with E-state index in [1.807, 2.05) is 37.3 Å². The number of anilines is 1. The lowest BCUT2D eigenvalue weighted by molar-refractivity contribution is -0.120. The first-order valence-electron chi connectivity index (χ1n) is 16.0. The van der Waals surface area contributed by atoms with Crippen molar-refractivity contribution in [1.82, 2.24) is 4.57 Å². The maximum atomic E-state index is 12.2. The summed E-state index contributed by atoms with van der Waals surface area (Å²) in [5, 5.41) is 21.8. The third-order valence-corrected chi connectivity index (χ3v) is 8.25. The smallest absolute Gasteiger partial charge is 0.258 e. The van der Waals surface area contributed by atoms with Crippen LogP contribution in [0.2, 0.25) is 0 Å². The Morgan fingerprint density at radius 1 is 0.698 bits per heavy atom. The van der Waals surface area contributed by atoms with Gasteiger partial charge < -0.3 is 10.2 Å². The van der Waals surface area contributed by atoms with Crippen LogP contribution >= 0.6 is 0 Å². The summed E-state index contributed by atoms with van der Waals surface area (Å²) in [4.78, 5) is 25.6. The molecule has 0 atom stereocenters. The van der Waals surface area contributed by atoms with Crippen LogP contribution in [-0.4, -0.2) is 26.6 Å². The van der Waals surface area contributed by atoms with Crippen molar-refractivity contribution in [2.24, 2.45) is 0 Å². The average Bonchev–Trinajstić information content (AvgIpc) is 3.49. The van der Waals surface area contributed by atoms with Gasteiger partial charge in [0.05, 0.1) is 11.4 Å². The first-order valence-corrected chi connectivity index (χ1v) is 16.0. The zero-order valence-corrected chi connectivity index (χ0v) is 25.9. The predicted molar refractivity (Wildman–Crippen MR) is 175 cm³/mol. The molecular formula is C37H46N2O4. The number of amides is 2. The van der Waals surface area contributed by atoms with Crippen molar-refractivity contribution in [3.63, 3.8) is 0 Å². The third kappa shape index (κ3) is 7.86. The van der Waals surface area contributed by atoms with Crippen LogP contribution in [0.15, 0.2) is 60.7 Å². The quantitative estimate of drug-likeness (QED) is 0.131. The summed E-state index contributed by atoms with van der Waals surface area (Å²) in [7, 11) is 0. The first kappa shape index (κ1) is 31.9. The van der Waals surface area contributed by atoms with Gasteiger partial charge in [0.25, 0.3) is 11.8 Å². The molecule has 6 heteroatoms. The number of aryl methyl sites for hydroxylation is 2. The monoisotopic (exact) mass is 582 g/mol. The number of benzene rings is 2. The van der Waals surface area contributed by atoms with Crippen LogP contribution in [0, 0.1) is 0 Å². The van der Waals surface area contributed by atoms with Crippen LogP contribution < -0.4 is 4.90 Å². The highest BCUT2D eigenvalue weighted by atomic mass is 16.3. The molecule has 43 heavy (non-hydrogen) atoms. The van der Waals surface area contributed by atoms with Gasteiger partial charge in [-0.1, -0.05) is 102 Å². The Labute approximate surface area is 256 Å². The van der Waals surface area contributed by atoms with Crippen LogP contribution in [0.1, 0.15) is 106 Å². The molecule has 0 radical (unpaired) electrons. The largest absolute Gasteiger partial charge is 0.494 e. The normalized spacial score (nSPS) is 13.2. The summed E-state index contributed by atoms with van der Waals surface area (Å²) in [5.41, 5.74) is 6.14. The van der Waals surface area contributed by atoms with Crippen LogP contribution in [0.3, 0.4) is 0 Å². The number of nitrogens with zero attached hydrogens (tertiary/aromatic N) is 2. The summed E-state index contributed by atoms with van der Waals surface area (Å²) in [6, 6.07) is 13.6. The molecule has 2 amide bonds. The second kappa shape index (κ2) is 15.4. The van der Waals surface area contributed by atoms with E-state index in [1.165, 1.54) is 66.6 Å². The van der Waals surface area contributed by atoms with Gasteiger partial charge in [0.2, 0.25) is 5.88 Å². The number of imide groups is 1. The number of hydrogen-bond donors (Lipinski definition) is 2. The number of carbonyl (C=O) groups is 2. The maximum Gasteiger partial charge on any atom is 0.258 e. The zero-order chi connectivity index (χ0) is 30.8. The van der Waals surface area contributed by atoms with Crippen molar-refractivity contribution in [3.05, 3.63) is 88.5 Å². The van der Waals surface area contributed by atoms with Gasteiger partial charge in [-0.15, -0.1) is 0 Å². The maximum absolute atomic E-state index is 12.2. The lowest BCUT2D eigenvalue weighted by Gasteiger charge is -2.19. The Hall–Kier alpha value is -4.06. The van der Waals surface area contributed by atoms with E-state index in [9.17, 15) is 19.8 Å². The van der Waals surface area contributed by atoms with E-state index in [4.69, 9.17) is 0 Å². The van der Waals surface area contributed by atoms with E-state index in [-0.39, 0.29) is 23.6 Å². The standard InChI is InChI=1S/C37H46N2O4/c1-4-7-8-9-10-11-12-13-14-15-16-31-26-36(42)39(37(31)43)33-20-18-28(25-30(33)6-3)23-27-17-19-32(29(5-2)24-27)38-34(40)21-22-35(38)41/h15-22,24-26,42-43H,4-14,23H2,1-3H3/b16-15+. The molecule has 0 fully saturated rings. The van der Waals surface area contributed by atoms with E-state index in [1.54, 1.807) is 6.07 Å². The third-order valence-electron chi connectivity index (χ3n) is 8.25. The van der Waals surface area contributed by atoms with E-state index < -0.39 is 0 Å². The molecule has 1 aromatic heterocycles. The lowest BCUT2D eigenvalue weighted by Crippen LogP contribution is -2.30. The molecule has 2 N–H and O–H groups in total. The molecule has 0 aliphatic carbocycles. The first-order chi connectivity index (χ1) is 20.9. The van der Waals surface area contributed by atoms with Crippen LogP contribution in [0.4, 0.5) is 5.69 Å². The Morgan fingerprint density at radius 3 is 1.86 bits per heavy atom. The molecule has 0 spiro atoms. The van der Waals surface area contributed by atoms with Gasteiger partial charge in [0.15, 0.2) is 5.88 Å². The number of rotatable bonds is 16. The van der Waals surface area contributed by atoms with Crippen LogP contribution in [0.25, 0.3) is 11.8 Å². The van der Waals surface area contributed by atoms with Gasteiger partial charge in [-0.3, -0.25) is 14.2 Å². The zero-order valence-electron chi connectivity index (χ0n) is 25.9. The second-order valence-corrected chi connectivity index (χ2v) is 11.4. The summed E-state index contributed by atoms with van der Waals surface area (Å²) in [6.07, 6.45) is 19.9. The van der Waals surface area contributed by atoms with Gasteiger partial charge in [-0.05, 0) is 66.5 Å². The fourth-order valence-corrected chi connectivity index (χ4v) is 5.85. The predicted octanol–water partition coefficient (Wildman–Crippen LogP) is 8.58. The van der Waals surface area contributed by atoms with Crippen molar-refractivity contribution in [3.8, 4) is 17.4 Å². The molecule has 0 bridgehead atoms. The van der Waals surface area contributed by atoms with Gasteiger partial charge in [-0.25, -0.2) is 4.90 Å². The second-order valence-electron chi connectivity index (χ2n) is 11.4. The number of hydrogen-bond acceptors (Lipinski definition) is 4. The number of unbranched alkanes of at least 4 members (excludes halogenated alkanes) is 8. The van der Waals surface area contributed by atoms with Gasteiger partial charge in [-0.2, -0.15) is 0 Å². The minimum atomic E-state index is -0.311. The van der Waals surface area contributed by atoms with Gasteiger partial charge >= 0.3 is 0 Å². The lowest BCUT2D eigenvalue weighted by atomic mass is 9.97. The average molecular weight is 583 g/mol. The van der Waals surface area contributed by atoms with Gasteiger partial charge in [0, 0.05) is 23.8 Å². The molecule has 2 heterocycles. The minimum Gasteiger partial charge on any atom is -0.494 e. The van der Waals surface area contributed by atoms with Crippen LogP contribution in [0.5, 0.6) is 11.8 Å². The molecule has 0 saturated heterocycles. The number of aromatic nitrogens is 1. The molecule has 4 rings (SSSR count). The van der Waals surface area contributed by atoms with Crippen molar-refractivity contribution in [2.45, 2.75) is 97.8 Å². The van der Waals surface area contributed by atoms with E-state index in [0.717, 1.165) is 47.2 Å². The minimum absolute atomic E-state index is 0.00959. The highest BCUT2D eigenvalue weighted by molar-refractivity contribution is 6.28. The molecular weight excluding hydrogens is 536 g/mol. The Kier molecular flexibility index (Phi) is 11.4. The Bertz CT molecular complexity index is 1460. The highest BCUT2D eigenvalue weighted by Crippen LogP contribution is 2.35. The topological polar surface area (TPSA) is 82.8 Å². The molecule has 1 aliphatic rings. The molecule has 6 nitrogen and oxygen atoms in total. The van der Waals surface area contributed by atoms with Gasteiger partial charge in [0.1, 0.15) is 0 Å².